The van der Waals surface area contributed by atoms with Crippen LogP contribution in [0.2, 0.25) is 0 Å². The van der Waals surface area contributed by atoms with Gasteiger partial charge in [0.2, 0.25) is 0 Å². The molecule has 1 N–H and O–H groups in total. The van der Waals surface area contributed by atoms with Crippen LogP contribution in [0.15, 0.2) is 34.8 Å². The highest BCUT2D eigenvalue weighted by molar-refractivity contribution is 9.10. The Labute approximate surface area is 173 Å². The molecule has 0 saturated carbocycles. The number of carbonyl (C=O) groups excluding carboxylic acids is 2. The van der Waals surface area contributed by atoms with Crippen molar-refractivity contribution in [3.05, 3.63) is 56.4 Å². The zero-order valence-electron chi connectivity index (χ0n) is 15.3. The maximum Gasteiger partial charge on any atom is 0.348 e. The number of nitrogens with one attached hydrogen (secondary N) is 1. The molecular formula is C20H15BrN2O4S. The number of hydrogen-bond donors (Lipinski definition) is 1. The summed E-state index contributed by atoms with van der Waals surface area (Å²) in [7, 11) is 2.75. The number of carbonyl (C=O) groups is 2. The van der Waals surface area contributed by atoms with Crippen molar-refractivity contribution in [2.75, 3.05) is 19.5 Å². The normalized spacial score (nSPS) is 10.4. The van der Waals surface area contributed by atoms with Crippen LogP contribution in [-0.4, -0.2) is 26.1 Å². The molecule has 0 aliphatic rings. The second-order valence-electron chi connectivity index (χ2n) is 5.81. The SMILES string of the molecule is COC(=O)c1sc(NC(=O)c2cc3ccccc3c(Br)c2OC)c(C#N)c1C. The van der Waals surface area contributed by atoms with Crippen molar-refractivity contribution in [3.8, 4) is 11.8 Å². The van der Waals surface area contributed by atoms with Crippen molar-refractivity contribution in [2.24, 2.45) is 0 Å². The third kappa shape index (κ3) is 3.35. The average molecular weight is 459 g/mol. The van der Waals surface area contributed by atoms with Crippen LogP contribution in [0.3, 0.4) is 0 Å². The fourth-order valence-electron chi connectivity index (χ4n) is 2.85. The number of halogens is 1. The van der Waals surface area contributed by atoms with E-state index in [9.17, 15) is 14.9 Å². The van der Waals surface area contributed by atoms with Gasteiger partial charge in [-0.15, -0.1) is 11.3 Å². The summed E-state index contributed by atoms with van der Waals surface area (Å²) in [5.74, 6) is -0.612. The Morgan fingerprint density at radius 3 is 2.61 bits per heavy atom. The lowest BCUT2D eigenvalue weighted by Crippen LogP contribution is -2.13. The number of benzene rings is 2. The number of methoxy groups -OCH3 is 2. The van der Waals surface area contributed by atoms with Crippen LogP contribution < -0.4 is 10.1 Å². The second kappa shape index (κ2) is 8.00. The molecule has 8 heteroatoms. The first-order valence-corrected chi connectivity index (χ1v) is 9.72. The summed E-state index contributed by atoms with van der Waals surface area (Å²) in [6.45, 7) is 1.64. The lowest BCUT2D eigenvalue weighted by atomic mass is 10.1. The van der Waals surface area contributed by atoms with Gasteiger partial charge in [0.15, 0.2) is 0 Å². The van der Waals surface area contributed by atoms with E-state index >= 15 is 0 Å². The van der Waals surface area contributed by atoms with Crippen molar-refractivity contribution >= 4 is 54.9 Å². The van der Waals surface area contributed by atoms with E-state index in [4.69, 9.17) is 9.47 Å². The Bertz CT molecular complexity index is 1150. The predicted molar refractivity (Wildman–Crippen MR) is 111 cm³/mol. The van der Waals surface area contributed by atoms with E-state index in [0.29, 0.717) is 21.3 Å². The third-order valence-electron chi connectivity index (χ3n) is 4.25. The van der Waals surface area contributed by atoms with Crippen LogP contribution in [0.5, 0.6) is 5.75 Å². The summed E-state index contributed by atoms with van der Waals surface area (Å²) in [6.07, 6.45) is 0. The number of fused-ring (bicyclic) bond motifs is 1. The number of ether oxygens (including phenoxy) is 2. The van der Waals surface area contributed by atoms with Crippen LogP contribution in [-0.2, 0) is 4.74 Å². The molecule has 3 rings (SSSR count). The van der Waals surface area contributed by atoms with Crippen molar-refractivity contribution in [1.29, 1.82) is 5.26 Å². The highest BCUT2D eigenvalue weighted by Crippen LogP contribution is 2.38. The van der Waals surface area contributed by atoms with Crippen LogP contribution in [0.4, 0.5) is 5.00 Å². The lowest BCUT2D eigenvalue weighted by molar-refractivity contribution is 0.0605. The Hall–Kier alpha value is -2.89. The maximum absolute atomic E-state index is 13.0. The standard InChI is InChI=1S/C20H15BrN2O4S/c1-10-14(9-22)19(28-17(10)20(25)27-3)23-18(24)13-8-11-6-4-5-7-12(11)15(21)16(13)26-2/h4-8H,1-3H3,(H,23,24). The highest BCUT2D eigenvalue weighted by Gasteiger charge is 2.24. The van der Waals surface area contributed by atoms with Gasteiger partial charge in [0.25, 0.3) is 5.91 Å². The number of rotatable bonds is 4. The summed E-state index contributed by atoms with van der Waals surface area (Å²) in [6, 6.07) is 11.3. The largest absolute Gasteiger partial charge is 0.495 e. The Kier molecular flexibility index (Phi) is 5.68. The molecule has 28 heavy (non-hydrogen) atoms. The molecule has 3 aromatic rings. The van der Waals surface area contributed by atoms with Gasteiger partial charge in [-0.3, -0.25) is 4.79 Å². The molecule has 142 valence electrons. The van der Waals surface area contributed by atoms with Crippen molar-refractivity contribution in [2.45, 2.75) is 6.92 Å². The predicted octanol–water partition coefficient (Wildman–Crippen LogP) is 4.89. The topological polar surface area (TPSA) is 88.4 Å². The fourth-order valence-corrected chi connectivity index (χ4v) is 4.65. The number of anilines is 1. The Morgan fingerprint density at radius 1 is 1.25 bits per heavy atom. The van der Waals surface area contributed by atoms with Crippen LogP contribution in [0.25, 0.3) is 10.8 Å². The minimum Gasteiger partial charge on any atom is -0.495 e. The lowest BCUT2D eigenvalue weighted by Gasteiger charge is -2.13. The molecule has 2 aromatic carbocycles. The van der Waals surface area contributed by atoms with Crippen LogP contribution in [0.1, 0.15) is 31.2 Å². The first-order chi connectivity index (χ1) is 13.4. The van der Waals surface area contributed by atoms with E-state index in [1.54, 1.807) is 13.0 Å². The van der Waals surface area contributed by atoms with Gasteiger partial charge in [0.1, 0.15) is 21.7 Å². The van der Waals surface area contributed by atoms with E-state index in [0.717, 1.165) is 22.1 Å². The van der Waals surface area contributed by atoms with Crippen LogP contribution >= 0.6 is 27.3 Å². The van der Waals surface area contributed by atoms with Gasteiger partial charge in [-0.05, 0) is 45.3 Å². The van der Waals surface area contributed by atoms with E-state index in [1.165, 1.54) is 14.2 Å². The zero-order valence-corrected chi connectivity index (χ0v) is 17.7. The molecule has 1 heterocycles. The fraction of sp³-hybridized carbons (Fsp3) is 0.150. The van der Waals surface area contributed by atoms with Gasteiger partial charge in [0.05, 0.1) is 29.8 Å². The van der Waals surface area contributed by atoms with Gasteiger partial charge in [-0.25, -0.2) is 4.79 Å². The third-order valence-corrected chi connectivity index (χ3v) is 6.22. The number of nitrogens with zero attached hydrogens (tertiary/aromatic N) is 1. The van der Waals surface area contributed by atoms with Crippen molar-refractivity contribution in [3.63, 3.8) is 0 Å². The Morgan fingerprint density at radius 2 is 1.96 bits per heavy atom. The summed E-state index contributed by atoms with van der Waals surface area (Å²) in [5, 5.41) is 14.2. The minimum atomic E-state index is -0.550. The summed E-state index contributed by atoms with van der Waals surface area (Å²) in [4.78, 5) is 25.2. The van der Waals surface area contributed by atoms with Crippen LogP contribution in [0, 0.1) is 18.3 Å². The molecule has 0 radical (unpaired) electrons. The molecular weight excluding hydrogens is 444 g/mol. The molecule has 1 aromatic heterocycles. The van der Waals surface area contributed by atoms with E-state index in [1.807, 2.05) is 30.3 Å². The van der Waals surface area contributed by atoms with Crippen molar-refractivity contribution < 1.29 is 19.1 Å². The molecule has 0 unspecified atom stereocenters. The van der Waals surface area contributed by atoms with Crippen molar-refractivity contribution in [1.82, 2.24) is 0 Å². The molecule has 6 nitrogen and oxygen atoms in total. The van der Waals surface area contributed by atoms with E-state index < -0.39 is 11.9 Å². The zero-order chi connectivity index (χ0) is 20.4. The molecule has 0 spiro atoms. The van der Waals surface area contributed by atoms with E-state index in [2.05, 4.69) is 21.2 Å². The van der Waals surface area contributed by atoms with E-state index in [-0.39, 0.29) is 15.4 Å². The van der Waals surface area contributed by atoms with Gasteiger partial charge < -0.3 is 14.8 Å². The van der Waals surface area contributed by atoms with Gasteiger partial charge in [0, 0.05) is 0 Å². The second-order valence-corrected chi connectivity index (χ2v) is 7.62. The number of nitriles is 1. The summed E-state index contributed by atoms with van der Waals surface area (Å²) < 4.78 is 10.8. The number of esters is 1. The number of amides is 1. The van der Waals surface area contributed by atoms with Gasteiger partial charge >= 0.3 is 5.97 Å². The smallest absolute Gasteiger partial charge is 0.348 e. The molecule has 0 aliphatic heterocycles. The molecule has 0 fully saturated rings. The first-order valence-electron chi connectivity index (χ1n) is 8.11. The quantitative estimate of drug-likeness (QED) is 0.562. The maximum atomic E-state index is 13.0. The first kappa shape index (κ1) is 19.9. The summed E-state index contributed by atoms with van der Waals surface area (Å²) in [5.41, 5.74) is 1.02. The number of hydrogen-bond acceptors (Lipinski definition) is 6. The highest BCUT2D eigenvalue weighted by atomic mass is 79.9. The minimum absolute atomic E-state index is 0.234. The molecule has 1 amide bonds. The number of thiophene rings is 1. The monoisotopic (exact) mass is 458 g/mol. The van der Waals surface area contributed by atoms with Gasteiger partial charge in [-0.1, -0.05) is 24.3 Å². The summed E-state index contributed by atoms with van der Waals surface area (Å²) >= 11 is 4.51. The molecule has 0 bridgehead atoms. The average Bonchev–Trinajstić information content (AvgIpc) is 3.02. The molecule has 0 saturated heterocycles. The molecule has 0 atom stereocenters. The van der Waals surface area contributed by atoms with Gasteiger partial charge in [-0.2, -0.15) is 5.26 Å². The Balaban J connectivity index is 2.07. The molecule has 0 aliphatic carbocycles.